The second-order valence-electron chi connectivity index (χ2n) is 4.69. The van der Waals surface area contributed by atoms with Crippen molar-refractivity contribution < 1.29 is 4.42 Å². The maximum atomic E-state index is 6.00. The third-order valence-electron chi connectivity index (χ3n) is 3.32. The molecule has 0 saturated heterocycles. The van der Waals surface area contributed by atoms with Gasteiger partial charge in [-0.1, -0.05) is 25.1 Å². The van der Waals surface area contributed by atoms with Crippen molar-refractivity contribution in [3.8, 4) is 0 Å². The third-order valence-corrected chi connectivity index (χ3v) is 5.27. The second-order valence-corrected chi connectivity index (χ2v) is 6.55. The molecule has 0 bridgehead atoms. The van der Waals surface area contributed by atoms with Crippen LogP contribution in [0.1, 0.15) is 23.6 Å². The molecule has 1 N–H and O–H groups in total. The first-order valence-corrected chi connectivity index (χ1v) is 8.39. The van der Waals surface area contributed by atoms with Gasteiger partial charge in [-0.15, -0.1) is 11.3 Å². The highest BCUT2D eigenvalue weighted by Crippen LogP contribution is 2.30. The number of thiophene rings is 1. The molecule has 3 rings (SSSR count). The summed E-state index contributed by atoms with van der Waals surface area (Å²) >= 11 is 5.38. The SMILES string of the molecule is CCNC(Cc1sccc1Br)c1cc2ccccc2o1. The molecule has 1 aromatic carbocycles. The number of rotatable bonds is 5. The smallest absolute Gasteiger partial charge is 0.134 e. The molecule has 20 heavy (non-hydrogen) atoms. The minimum absolute atomic E-state index is 0.211. The van der Waals surface area contributed by atoms with Crippen molar-refractivity contribution in [2.24, 2.45) is 0 Å². The standard InChI is InChI=1S/C16H16BrNOS/c1-2-18-13(10-16-12(17)7-8-20-16)15-9-11-5-3-4-6-14(11)19-15/h3-9,13,18H,2,10H2,1H3. The molecule has 0 amide bonds. The van der Waals surface area contributed by atoms with Gasteiger partial charge in [0.25, 0.3) is 0 Å². The molecule has 3 aromatic rings. The number of hydrogen-bond donors (Lipinski definition) is 1. The Labute approximate surface area is 130 Å². The minimum atomic E-state index is 0.211. The van der Waals surface area contributed by atoms with Crippen molar-refractivity contribution in [1.82, 2.24) is 5.32 Å². The molecular formula is C16H16BrNOS. The van der Waals surface area contributed by atoms with Gasteiger partial charge >= 0.3 is 0 Å². The van der Waals surface area contributed by atoms with Gasteiger partial charge in [0.2, 0.25) is 0 Å². The fraction of sp³-hybridized carbons (Fsp3) is 0.250. The summed E-state index contributed by atoms with van der Waals surface area (Å²) in [5.74, 6) is 1.01. The Morgan fingerprint density at radius 1 is 1.30 bits per heavy atom. The summed E-state index contributed by atoms with van der Waals surface area (Å²) in [5.41, 5.74) is 0.954. The lowest BCUT2D eigenvalue weighted by Gasteiger charge is -2.14. The number of furan rings is 1. The molecule has 4 heteroatoms. The fourth-order valence-corrected chi connectivity index (χ4v) is 3.91. The molecule has 1 atom stereocenters. The van der Waals surface area contributed by atoms with Gasteiger partial charge in [0.15, 0.2) is 0 Å². The Morgan fingerprint density at radius 2 is 2.15 bits per heavy atom. The fourth-order valence-electron chi connectivity index (χ4n) is 2.35. The zero-order valence-corrected chi connectivity index (χ0v) is 13.6. The van der Waals surface area contributed by atoms with Crippen LogP contribution in [0.2, 0.25) is 0 Å². The van der Waals surface area contributed by atoms with Crippen LogP contribution in [0.3, 0.4) is 0 Å². The lowest BCUT2D eigenvalue weighted by atomic mass is 10.1. The maximum absolute atomic E-state index is 6.00. The third kappa shape index (κ3) is 2.82. The molecule has 0 aliphatic carbocycles. The van der Waals surface area contributed by atoms with Crippen LogP contribution in [0.25, 0.3) is 11.0 Å². The quantitative estimate of drug-likeness (QED) is 0.688. The Hall–Kier alpha value is -1.10. The highest BCUT2D eigenvalue weighted by molar-refractivity contribution is 9.10. The first kappa shape index (κ1) is 13.9. The number of nitrogens with one attached hydrogen (secondary N) is 1. The molecule has 0 aliphatic heterocycles. The van der Waals surface area contributed by atoms with E-state index in [2.05, 4.69) is 51.7 Å². The molecule has 2 aromatic heterocycles. The van der Waals surface area contributed by atoms with Crippen LogP contribution < -0.4 is 5.32 Å². The molecule has 104 valence electrons. The summed E-state index contributed by atoms with van der Waals surface area (Å²) in [4.78, 5) is 1.34. The van der Waals surface area contributed by atoms with Crippen molar-refractivity contribution in [3.63, 3.8) is 0 Å². The lowest BCUT2D eigenvalue weighted by molar-refractivity contribution is 0.436. The van der Waals surface area contributed by atoms with Gasteiger partial charge in [0.1, 0.15) is 11.3 Å². The van der Waals surface area contributed by atoms with Gasteiger partial charge < -0.3 is 9.73 Å². The normalized spacial score (nSPS) is 12.9. The van der Waals surface area contributed by atoms with E-state index in [9.17, 15) is 0 Å². The second kappa shape index (κ2) is 6.12. The summed E-state index contributed by atoms with van der Waals surface area (Å²) in [6.07, 6.45) is 0.936. The number of hydrogen-bond acceptors (Lipinski definition) is 3. The van der Waals surface area contributed by atoms with Crippen LogP contribution in [0, 0.1) is 0 Å². The van der Waals surface area contributed by atoms with E-state index in [-0.39, 0.29) is 6.04 Å². The van der Waals surface area contributed by atoms with E-state index >= 15 is 0 Å². The average molecular weight is 350 g/mol. The van der Waals surface area contributed by atoms with Gasteiger partial charge in [-0.05, 0) is 46.1 Å². The summed E-state index contributed by atoms with van der Waals surface area (Å²) in [6.45, 7) is 3.05. The summed E-state index contributed by atoms with van der Waals surface area (Å²) in [7, 11) is 0. The van der Waals surface area contributed by atoms with Crippen LogP contribution >= 0.6 is 27.3 Å². The van der Waals surface area contributed by atoms with E-state index in [0.29, 0.717) is 0 Å². The Bertz CT molecular complexity index is 670. The lowest BCUT2D eigenvalue weighted by Crippen LogP contribution is -2.22. The Morgan fingerprint density at radius 3 is 2.85 bits per heavy atom. The summed E-state index contributed by atoms with van der Waals surface area (Å²) < 4.78 is 7.18. The molecule has 1 unspecified atom stereocenters. The number of fused-ring (bicyclic) bond motifs is 1. The number of para-hydroxylation sites is 1. The van der Waals surface area contributed by atoms with Crippen LogP contribution in [0.5, 0.6) is 0 Å². The Balaban J connectivity index is 1.91. The average Bonchev–Trinajstić information content (AvgIpc) is 3.04. The van der Waals surface area contributed by atoms with E-state index in [0.717, 1.165) is 29.7 Å². The summed E-state index contributed by atoms with van der Waals surface area (Å²) in [5, 5.41) is 6.79. The zero-order chi connectivity index (χ0) is 13.9. The van der Waals surface area contributed by atoms with Gasteiger partial charge in [-0.25, -0.2) is 0 Å². The van der Waals surface area contributed by atoms with Gasteiger partial charge in [0, 0.05) is 21.2 Å². The van der Waals surface area contributed by atoms with E-state index < -0.39 is 0 Å². The highest BCUT2D eigenvalue weighted by atomic mass is 79.9. The monoisotopic (exact) mass is 349 g/mol. The predicted octanol–water partition coefficient (Wildman–Crippen LogP) is 5.15. The molecule has 0 radical (unpaired) electrons. The molecule has 0 spiro atoms. The number of halogens is 1. The number of likely N-dealkylation sites (N-methyl/N-ethyl adjacent to an activating group) is 1. The van der Waals surface area contributed by atoms with Gasteiger partial charge in [-0.3, -0.25) is 0 Å². The molecule has 2 heterocycles. The summed E-state index contributed by atoms with van der Waals surface area (Å²) in [6, 6.07) is 12.6. The van der Waals surface area contributed by atoms with Crippen LogP contribution in [0.4, 0.5) is 0 Å². The first-order chi connectivity index (χ1) is 9.78. The van der Waals surface area contributed by atoms with Crippen molar-refractivity contribution in [2.45, 2.75) is 19.4 Å². The molecular weight excluding hydrogens is 334 g/mol. The predicted molar refractivity (Wildman–Crippen MR) is 88.4 cm³/mol. The molecule has 2 nitrogen and oxygen atoms in total. The largest absolute Gasteiger partial charge is 0.459 e. The molecule has 0 aliphatic rings. The van der Waals surface area contributed by atoms with E-state index in [1.807, 2.05) is 18.2 Å². The topological polar surface area (TPSA) is 25.2 Å². The van der Waals surface area contributed by atoms with Crippen LogP contribution in [0.15, 0.2) is 50.7 Å². The van der Waals surface area contributed by atoms with Gasteiger partial charge in [0.05, 0.1) is 6.04 Å². The van der Waals surface area contributed by atoms with E-state index in [1.165, 1.54) is 9.35 Å². The Kier molecular flexibility index (Phi) is 4.24. The molecule has 0 saturated carbocycles. The van der Waals surface area contributed by atoms with E-state index in [1.54, 1.807) is 11.3 Å². The van der Waals surface area contributed by atoms with Gasteiger partial charge in [-0.2, -0.15) is 0 Å². The highest BCUT2D eigenvalue weighted by Gasteiger charge is 2.17. The van der Waals surface area contributed by atoms with Crippen LogP contribution in [-0.4, -0.2) is 6.54 Å². The van der Waals surface area contributed by atoms with Crippen molar-refractivity contribution >= 4 is 38.2 Å². The zero-order valence-electron chi connectivity index (χ0n) is 11.2. The number of benzene rings is 1. The first-order valence-electron chi connectivity index (χ1n) is 6.71. The maximum Gasteiger partial charge on any atom is 0.134 e. The van der Waals surface area contributed by atoms with Crippen molar-refractivity contribution in [2.75, 3.05) is 6.54 Å². The van der Waals surface area contributed by atoms with Crippen LogP contribution in [-0.2, 0) is 6.42 Å². The minimum Gasteiger partial charge on any atom is -0.459 e. The van der Waals surface area contributed by atoms with Crippen molar-refractivity contribution in [3.05, 3.63) is 56.9 Å². The van der Waals surface area contributed by atoms with Crippen molar-refractivity contribution in [1.29, 1.82) is 0 Å². The van der Waals surface area contributed by atoms with E-state index in [4.69, 9.17) is 4.42 Å². The molecule has 0 fully saturated rings.